The van der Waals surface area contributed by atoms with Gasteiger partial charge in [-0.25, -0.2) is 0 Å². The summed E-state index contributed by atoms with van der Waals surface area (Å²) in [6.07, 6.45) is 11.0. The van der Waals surface area contributed by atoms with Crippen LogP contribution in [0.1, 0.15) is 36.4 Å². The molecule has 1 amide bonds. The Hall–Kier alpha value is -3.41. The predicted molar refractivity (Wildman–Crippen MR) is 112 cm³/mol. The lowest BCUT2D eigenvalue weighted by Gasteiger charge is -2.36. The van der Waals surface area contributed by atoms with E-state index >= 15 is 0 Å². The Bertz CT molecular complexity index is 1110. The van der Waals surface area contributed by atoms with Gasteiger partial charge in [-0.15, -0.1) is 0 Å². The van der Waals surface area contributed by atoms with Gasteiger partial charge in [0.2, 0.25) is 5.91 Å². The molecule has 1 atom stereocenters. The summed E-state index contributed by atoms with van der Waals surface area (Å²) in [6.45, 7) is 0.801. The van der Waals surface area contributed by atoms with E-state index in [1.807, 2.05) is 47.8 Å². The van der Waals surface area contributed by atoms with Crippen molar-refractivity contribution in [3.8, 4) is 11.3 Å². The van der Waals surface area contributed by atoms with E-state index in [0.717, 1.165) is 59.1 Å². The highest BCUT2D eigenvalue weighted by Gasteiger charge is 2.28. The van der Waals surface area contributed by atoms with Gasteiger partial charge in [-0.2, -0.15) is 5.10 Å². The lowest BCUT2D eigenvalue weighted by Crippen LogP contribution is -2.39. The number of carbonyl (C=O) groups excluding carboxylic acids is 1. The molecule has 0 bridgehead atoms. The smallest absolute Gasteiger partial charge is 0.227 e. The molecule has 4 aromatic rings. The number of fused-ring (bicyclic) bond motifs is 1. The summed E-state index contributed by atoms with van der Waals surface area (Å²) in [6, 6.07) is 12.3. The van der Waals surface area contributed by atoms with Crippen LogP contribution in [0.25, 0.3) is 22.2 Å². The van der Waals surface area contributed by atoms with Gasteiger partial charge in [-0.3, -0.25) is 14.9 Å². The second kappa shape index (κ2) is 7.54. The van der Waals surface area contributed by atoms with Crippen LogP contribution in [0.2, 0.25) is 0 Å². The van der Waals surface area contributed by atoms with E-state index in [1.54, 1.807) is 6.20 Å². The zero-order valence-electron chi connectivity index (χ0n) is 16.1. The Morgan fingerprint density at radius 3 is 2.86 bits per heavy atom. The summed E-state index contributed by atoms with van der Waals surface area (Å²) in [7, 11) is 0. The van der Waals surface area contributed by atoms with Gasteiger partial charge < -0.3 is 9.88 Å². The summed E-state index contributed by atoms with van der Waals surface area (Å²) >= 11 is 0. The Labute approximate surface area is 169 Å². The third-order valence-electron chi connectivity index (χ3n) is 5.80. The van der Waals surface area contributed by atoms with E-state index < -0.39 is 0 Å². The first kappa shape index (κ1) is 17.7. The predicted octanol–water partition coefficient (Wildman–Crippen LogP) is 4.25. The van der Waals surface area contributed by atoms with Crippen LogP contribution in [0, 0.1) is 0 Å². The molecule has 1 fully saturated rings. The molecular weight excluding hydrogens is 362 g/mol. The molecule has 1 saturated heterocycles. The molecule has 0 aliphatic carbocycles. The SMILES string of the molecule is O=C(Cc1c[nH]c2ccccc12)N1CCCCC1c1ccc(-c2cn[nH]c2)nc1. The number of likely N-dealkylation sites (tertiary alicyclic amines) is 1. The third-order valence-corrected chi connectivity index (χ3v) is 5.80. The van der Waals surface area contributed by atoms with Crippen LogP contribution >= 0.6 is 0 Å². The highest BCUT2D eigenvalue weighted by molar-refractivity contribution is 5.89. The van der Waals surface area contributed by atoms with Crippen LogP contribution in [0.3, 0.4) is 0 Å². The number of aromatic amines is 2. The summed E-state index contributed by atoms with van der Waals surface area (Å²) in [5.41, 5.74) is 5.08. The maximum Gasteiger partial charge on any atom is 0.227 e. The number of piperidine rings is 1. The summed E-state index contributed by atoms with van der Waals surface area (Å²) in [5.74, 6) is 0.179. The van der Waals surface area contributed by atoms with E-state index in [2.05, 4.69) is 32.3 Å². The number of amides is 1. The quantitative estimate of drug-likeness (QED) is 0.551. The maximum absolute atomic E-state index is 13.2. The molecule has 146 valence electrons. The highest BCUT2D eigenvalue weighted by atomic mass is 16.2. The number of para-hydroxylation sites is 1. The van der Waals surface area contributed by atoms with Gasteiger partial charge in [0.15, 0.2) is 0 Å². The normalized spacial score (nSPS) is 17.0. The molecular formula is C23H23N5O. The van der Waals surface area contributed by atoms with E-state index in [4.69, 9.17) is 0 Å². The van der Waals surface area contributed by atoms with Gasteiger partial charge in [-0.1, -0.05) is 24.3 Å². The highest BCUT2D eigenvalue weighted by Crippen LogP contribution is 2.32. The fourth-order valence-electron chi connectivity index (χ4n) is 4.28. The van der Waals surface area contributed by atoms with Crippen molar-refractivity contribution in [1.29, 1.82) is 0 Å². The molecule has 4 heterocycles. The third kappa shape index (κ3) is 3.42. The molecule has 0 saturated carbocycles. The number of H-pyrrole nitrogens is 2. The number of nitrogens with one attached hydrogen (secondary N) is 2. The molecule has 6 heteroatoms. The van der Waals surface area contributed by atoms with Crippen molar-refractivity contribution in [3.05, 3.63) is 72.3 Å². The zero-order valence-corrected chi connectivity index (χ0v) is 16.1. The molecule has 3 aromatic heterocycles. The van der Waals surface area contributed by atoms with Crippen molar-refractivity contribution in [1.82, 2.24) is 25.1 Å². The first-order valence-electron chi connectivity index (χ1n) is 10.1. The van der Waals surface area contributed by atoms with Crippen LogP contribution in [0.5, 0.6) is 0 Å². The van der Waals surface area contributed by atoms with E-state index in [9.17, 15) is 4.79 Å². The largest absolute Gasteiger partial charge is 0.361 e. The van der Waals surface area contributed by atoms with Crippen LogP contribution in [-0.4, -0.2) is 37.5 Å². The second-order valence-corrected chi connectivity index (χ2v) is 7.60. The number of nitrogens with zero attached hydrogens (tertiary/aromatic N) is 3. The average Bonchev–Trinajstić information content (AvgIpc) is 3.45. The number of hydrogen-bond acceptors (Lipinski definition) is 3. The molecule has 0 spiro atoms. The Balaban J connectivity index is 1.37. The minimum Gasteiger partial charge on any atom is -0.361 e. The van der Waals surface area contributed by atoms with Crippen LogP contribution in [-0.2, 0) is 11.2 Å². The van der Waals surface area contributed by atoms with Crippen molar-refractivity contribution >= 4 is 16.8 Å². The van der Waals surface area contributed by atoms with Crippen molar-refractivity contribution in [2.24, 2.45) is 0 Å². The number of carbonyl (C=O) groups is 1. The molecule has 1 unspecified atom stereocenters. The van der Waals surface area contributed by atoms with Gasteiger partial charge in [0.05, 0.1) is 24.4 Å². The van der Waals surface area contributed by atoms with Crippen LogP contribution < -0.4 is 0 Å². The first-order valence-corrected chi connectivity index (χ1v) is 10.1. The monoisotopic (exact) mass is 385 g/mol. The van der Waals surface area contributed by atoms with Crippen molar-refractivity contribution in [2.75, 3.05) is 6.54 Å². The summed E-state index contributed by atoms with van der Waals surface area (Å²) in [4.78, 5) is 23.1. The minimum absolute atomic E-state index is 0.0901. The molecule has 1 aliphatic rings. The number of benzene rings is 1. The zero-order chi connectivity index (χ0) is 19.6. The molecule has 6 nitrogen and oxygen atoms in total. The van der Waals surface area contributed by atoms with Gasteiger partial charge in [0.25, 0.3) is 0 Å². The molecule has 29 heavy (non-hydrogen) atoms. The molecule has 1 aromatic carbocycles. The lowest BCUT2D eigenvalue weighted by atomic mass is 9.95. The topological polar surface area (TPSA) is 77.7 Å². The van der Waals surface area contributed by atoms with Gasteiger partial charge >= 0.3 is 0 Å². The lowest BCUT2D eigenvalue weighted by molar-refractivity contribution is -0.134. The van der Waals surface area contributed by atoms with Crippen molar-refractivity contribution < 1.29 is 4.79 Å². The van der Waals surface area contributed by atoms with Crippen molar-refractivity contribution in [3.63, 3.8) is 0 Å². The molecule has 1 aliphatic heterocycles. The van der Waals surface area contributed by atoms with Crippen molar-refractivity contribution in [2.45, 2.75) is 31.7 Å². The fourth-order valence-corrected chi connectivity index (χ4v) is 4.28. The first-order chi connectivity index (χ1) is 14.3. The Kier molecular flexibility index (Phi) is 4.60. The summed E-state index contributed by atoms with van der Waals surface area (Å²) < 4.78 is 0. The molecule has 5 rings (SSSR count). The number of aromatic nitrogens is 4. The van der Waals surface area contributed by atoms with Gasteiger partial charge in [0.1, 0.15) is 0 Å². The van der Waals surface area contributed by atoms with E-state index in [-0.39, 0.29) is 11.9 Å². The van der Waals surface area contributed by atoms with E-state index in [1.165, 1.54) is 0 Å². The van der Waals surface area contributed by atoms with Gasteiger partial charge in [0, 0.05) is 41.6 Å². The molecule has 2 N–H and O–H groups in total. The fraction of sp³-hybridized carbons (Fsp3) is 0.261. The number of rotatable bonds is 4. The van der Waals surface area contributed by atoms with Crippen LogP contribution in [0.15, 0.2) is 61.2 Å². The Morgan fingerprint density at radius 1 is 1.10 bits per heavy atom. The molecule has 0 radical (unpaired) electrons. The van der Waals surface area contributed by atoms with Crippen LogP contribution in [0.4, 0.5) is 0 Å². The standard InChI is InChI=1S/C23H23N5O/c29-23(11-17-13-25-21-6-2-1-5-19(17)21)28-10-4-3-7-22(28)16-8-9-20(24-12-16)18-14-26-27-15-18/h1-2,5-6,8-9,12-15,22,25H,3-4,7,10-11H2,(H,26,27). The maximum atomic E-state index is 13.2. The average molecular weight is 385 g/mol. The number of hydrogen-bond donors (Lipinski definition) is 2. The minimum atomic E-state index is 0.0901. The van der Waals surface area contributed by atoms with Gasteiger partial charge in [-0.05, 0) is 42.5 Å². The summed E-state index contributed by atoms with van der Waals surface area (Å²) in [5, 5.41) is 7.92. The second-order valence-electron chi connectivity index (χ2n) is 7.60. The number of pyridine rings is 1. The van der Waals surface area contributed by atoms with E-state index in [0.29, 0.717) is 6.42 Å². The Morgan fingerprint density at radius 2 is 2.03 bits per heavy atom.